The lowest BCUT2D eigenvalue weighted by atomic mass is 9.99. The predicted molar refractivity (Wildman–Crippen MR) is 86.0 cm³/mol. The van der Waals surface area contributed by atoms with Crippen LogP contribution >= 0.6 is 34.2 Å². The Morgan fingerprint density at radius 2 is 1.83 bits per heavy atom. The van der Waals surface area contributed by atoms with Crippen LogP contribution in [0.25, 0.3) is 0 Å². The minimum atomic E-state index is -0.0118. The molecular weight excluding hydrogens is 357 g/mol. The van der Waals surface area contributed by atoms with Gasteiger partial charge in [-0.1, -0.05) is 47.5 Å². The van der Waals surface area contributed by atoms with Crippen molar-refractivity contribution in [1.82, 2.24) is 0 Å². The number of aryl methyl sites for hydroxylation is 1. The summed E-state index contributed by atoms with van der Waals surface area (Å²) in [6, 6.07) is 14.5. The molecule has 1 unspecified atom stereocenters. The van der Waals surface area contributed by atoms with Gasteiger partial charge in [0.15, 0.2) is 0 Å². The standard InChI is InChI=1S/C15H15ClIN/c1-10-2-4-11(5-3-10)8-15(18)12-6-7-14(17)13(16)9-12/h2-7,9,15H,8,18H2,1H3. The summed E-state index contributed by atoms with van der Waals surface area (Å²) in [6.45, 7) is 2.09. The lowest BCUT2D eigenvalue weighted by Gasteiger charge is -2.13. The Bertz CT molecular complexity index is 537. The van der Waals surface area contributed by atoms with Crippen molar-refractivity contribution in [3.8, 4) is 0 Å². The van der Waals surface area contributed by atoms with Crippen molar-refractivity contribution in [2.24, 2.45) is 5.73 Å². The number of nitrogens with two attached hydrogens (primary N) is 1. The van der Waals surface area contributed by atoms with Gasteiger partial charge in [0.1, 0.15) is 0 Å². The molecule has 2 rings (SSSR count). The molecule has 1 atom stereocenters. The van der Waals surface area contributed by atoms with Gasteiger partial charge in [-0.15, -0.1) is 0 Å². The molecule has 0 aliphatic heterocycles. The third-order valence-corrected chi connectivity index (χ3v) is 4.52. The summed E-state index contributed by atoms with van der Waals surface area (Å²) in [5.74, 6) is 0. The zero-order chi connectivity index (χ0) is 13.1. The van der Waals surface area contributed by atoms with E-state index in [0.717, 1.165) is 20.6 Å². The highest BCUT2D eigenvalue weighted by Crippen LogP contribution is 2.24. The van der Waals surface area contributed by atoms with E-state index in [1.54, 1.807) is 0 Å². The highest BCUT2D eigenvalue weighted by Gasteiger charge is 2.08. The van der Waals surface area contributed by atoms with E-state index in [4.69, 9.17) is 17.3 Å². The molecule has 1 nitrogen and oxygen atoms in total. The molecule has 18 heavy (non-hydrogen) atoms. The van der Waals surface area contributed by atoms with Crippen LogP contribution in [-0.2, 0) is 6.42 Å². The summed E-state index contributed by atoms with van der Waals surface area (Å²) in [5, 5.41) is 0.771. The molecule has 0 saturated heterocycles. The van der Waals surface area contributed by atoms with Gasteiger partial charge in [-0.3, -0.25) is 0 Å². The maximum atomic E-state index is 6.22. The maximum Gasteiger partial charge on any atom is 0.0542 e. The topological polar surface area (TPSA) is 26.0 Å². The van der Waals surface area contributed by atoms with Gasteiger partial charge in [-0.25, -0.2) is 0 Å². The molecule has 0 saturated carbocycles. The normalized spacial score (nSPS) is 12.4. The fourth-order valence-corrected chi connectivity index (χ4v) is 2.36. The molecular formula is C15H15ClIN. The average molecular weight is 372 g/mol. The van der Waals surface area contributed by atoms with E-state index in [2.05, 4.69) is 53.8 Å². The smallest absolute Gasteiger partial charge is 0.0542 e. The molecule has 0 aliphatic rings. The van der Waals surface area contributed by atoms with Gasteiger partial charge in [-0.05, 0) is 59.2 Å². The quantitative estimate of drug-likeness (QED) is 0.790. The van der Waals surface area contributed by atoms with Gasteiger partial charge in [-0.2, -0.15) is 0 Å². The number of benzene rings is 2. The first-order valence-electron chi connectivity index (χ1n) is 5.82. The molecule has 0 radical (unpaired) electrons. The van der Waals surface area contributed by atoms with E-state index in [1.165, 1.54) is 11.1 Å². The van der Waals surface area contributed by atoms with Gasteiger partial charge in [0.05, 0.1) is 5.02 Å². The number of hydrogen-bond acceptors (Lipinski definition) is 1. The summed E-state index contributed by atoms with van der Waals surface area (Å²) >= 11 is 8.34. The maximum absolute atomic E-state index is 6.22. The molecule has 0 fully saturated rings. The Labute approximate surface area is 126 Å². The summed E-state index contributed by atoms with van der Waals surface area (Å²) < 4.78 is 1.06. The van der Waals surface area contributed by atoms with Gasteiger partial charge in [0.2, 0.25) is 0 Å². The zero-order valence-electron chi connectivity index (χ0n) is 10.2. The van der Waals surface area contributed by atoms with E-state index in [9.17, 15) is 0 Å². The molecule has 2 N–H and O–H groups in total. The Morgan fingerprint density at radius 1 is 1.17 bits per heavy atom. The fourth-order valence-electron chi connectivity index (χ4n) is 1.84. The summed E-state index contributed by atoms with van der Waals surface area (Å²) in [6.07, 6.45) is 0.831. The Hall–Kier alpha value is -0.580. The third-order valence-electron chi connectivity index (χ3n) is 2.95. The van der Waals surface area contributed by atoms with Crippen molar-refractivity contribution < 1.29 is 0 Å². The first kappa shape index (κ1) is 13.8. The Kier molecular flexibility index (Phi) is 4.65. The minimum Gasteiger partial charge on any atom is -0.324 e. The fraction of sp³-hybridized carbons (Fsp3) is 0.200. The lowest BCUT2D eigenvalue weighted by Crippen LogP contribution is -2.13. The molecule has 0 bridgehead atoms. The van der Waals surface area contributed by atoms with Gasteiger partial charge in [0, 0.05) is 9.61 Å². The van der Waals surface area contributed by atoms with Gasteiger partial charge < -0.3 is 5.73 Å². The molecule has 0 aliphatic carbocycles. The number of halogens is 2. The van der Waals surface area contributed by atoms with E-state index in [1.807, 2.05) is 18.2 Å². The van der Waals surface area contributed by atoms with Crippen LogP contribution in [0.5, 0.6) is 0 Å². The largest absolute Gasteiger partial charge is 0.324 e. The van der Waals surface area contributed by atoms with E-state index in [-0.39, 0.29) is 6.04 Å². The Balaban J connectivity index is 2.13. The van der Waals surface area contributed by atoms with E-state index >= 15 is 0 Å². The van der Waals surface area contributed by atoms with Crippen LogP contribution in [0.3, 0.4) is 0 Å². The highest BCUT2D eigenvalue weighted by molar-refractivity contribution is 14.1. The predicted octanol–water partition coefficient (Wildman–Crippen LogP) is 4.50. The van der Waals surface area contributed by atoms with Crippen molar-refractivity contribution in [1.29, 1.82) is 0 Å². The first-order valence-corrected chi connectivity index (χ1v) is 7.28. The first-order chi connectivity index (χ1) is 8.56. The third kappa shape index (κ3) is 3.46. The van der Waals surface area contributed by atoms with Crippen molar-refractivity contribution in [3.63, 3.8) is 0 Å². The number of rotatable bonds is 3. The van der Waals surface area contributed by atoms with Gasteiger partial charge >= 0.3 is 0 Å². The van der Waals surface area contributed by atoms with Crippen LogP contribution in [-0.4, -0.2) is 0 Å². The molecule has 3 heteroatoms. The molecule has 94 valence electrons. The SMILES string of the molecule is Cc1ccc(CC(N)c2ccc(I)c(Cl)c2)cc1. The van der Waals surface area contributed by atoms with Crippen LogP contribution in [0.4, 0.5) is 0 Å². The summed E-state index contributed by atoms with van der Waals surface area (Å²) in [7, 11) is 0. The van der Waals surface area contributed by atoms with Crippen molar-refractivity contribution in [3.05, 3.63) is 67.7 Å². The molecule has 0 spiro atoms. The Morgan fingerprint density at radius 3 is 2.44 bits per heavy atom. The van der Waals surface area contributed by atoms with Crippen molar-refractivity contribution in [2.45, 2.75) is 19.4 Å². The monoisotopic (exact) mass is 371 g/mol. The molecule has 0 amide bonds. The molecule has 0 heterocycles. The van der Waals surface area contributed by atoms with Gasteiger partial charge in [0.25, 0.3) is 0 Å². The highest BCUT2D eigenvalue weighted by atomic mass is 127. The number of hydrogen-bond donors (Lipinski definition) is 1. The summed E-state index contributed by atoms with van der Waals surface area (Å²) in [5.41, 5.74) is 9.83. The van der Waals surface area contributed by atoms with Crippen molar-refractivity contribution in [2.75, 3.05) is 0 Å². The van der Waals surface area contributed by atoms with Crippen LogP contribution in [0.15, 0.2) is 42.5 Å². The van der Waals surface area contributed by atoms with Crippen LogP contribution in [0.2, 0.25) is 5.02 Å². The average Bonchev–Trinajstić information content (AvgIpc) is 2.35. The van der Waals surface area contributed by atoms with E-state index in [0.29, 0.717) is 0 Å². The molecule has 2 aromatic rings. The lowest BCUT2D eigenvalue weighted by molar-refractivity contribution is 0.721. The minimum absolute atomic E-state index is 0.0118. The van der Waals surface area contributed by atoms with E-state index < -0.39 is 0 Å². The second-order valence-corrected chi connectivity index (χ2v) is 6.04. The summed E-state index contributed by atoms with van der Waals surface area (Å²) in [4.78, 5) is 0. The second kappa shape index (κ2) is 6.04. The second-order valence-electron chi connectivity index (χ2n) is 4.47. The molecule has 0 aromatic heterocycles. The van der Waals surface area contributed by atoms with Crippen LogP contribution in [0.1, 0.15) is 22.7 Å². The van der Waals surface area contributed by atoms with Crippen LogP contribution in [0, 0.1) is 10.5 Å². The van der Waals surface area contributed by atoms with Crippen molar-refractivity contribution >= 4 is 34.2 Å². The zero-order valence-corrected chi connectivity index (χ0v) is 13.1. The van der Waals surface area contributed by atoms with Crippen LogP contribution < -0.4 is 5.73 Å². The molecule has 2 aromatic carbocycles.